The Hall–Kier alpha value is -0.840. The first-order valence-electron chi connectivity index (χ1n) is 4.47. The minimum Gasteiger partial charge on any atom is -0.303 e. The Labute approximate surface area is 74.6 Å². The van der Waals surface area contributed by atoms with E-state index < -0.39 is 0 Å². The second kappa shape index (κ2) is 5.77. The van der Waals surface area contributed by atoms with Gasteiger partial charge in [-0.05, 0) is 26.7 Å². The van der Waals surface area contributed by atoms with Crippen molar-refractivity contribution in [1.29, 1.82) is 5.26 Å². The number of hydrogen-bond donors (Lipinski definition) is 0. The normalized spacial score (nSPS) is 10.8. The maximum Gasteiger partial charge on any atom is 0.119 e. The topological polar surface area (TPSA) is 40.9 Å². The monoisotopic (exact) mass is 167 g/mol. The largest absolute Gasteiger partial charge is 0.303 e. The fraction of sp³-hybridized carbons (Fsp3) is 0.800. The van der Waals surface area contributed by atoms with E-state index >= 15 is 0 Å². The first-order valence-corrected chi connectivity index (χ1v) is 4.47. The minimum absolute atomic E-state index is 0.193. The predicted octanol–water partition coefficient (Wildman–Crippen LogP) is 2.69. The Kier molecular flexibility index (Phi) is 5.36. The number of aldehydes is 1. The summed E-state index contributed by atoms with van der Waals surface area (Å²) in [5.41, 5.74) is -0.193. The van der Waals surface area contributed by atoms with Crippen molar-refractivity contribution in [1.82, 2.24) is 0 Å². The van der Waals surface area contributed by atoms with Crippen molar-refractivity contribution in [2.24, 2.45) is 5.41 Å². The summed E-state index contributed by atoms with van der Waals surface area (Å²) in [6.45, 7) is 3.90. The summed E-state index contributed by atoms with van der Waals surface area (Å²) in [6.07, 6.45) is 5.62. The molecule has 0 radical (unpaired) electrons. The molecule has 2 nitrogen and oxygen atoms in total. The molecule has 0 amide bonds. The molecule has 0 aromatic rings. The van der Waals surface area contributed by atoms with Crippen LogP contribution in [0.3, 0.4) is 0 Å². The third-order valence-corrected chi connectivity index (χ3v) is 1.93. The zero-order valence-corrected chi connectivity index (χ0v) is 7.97. The molecule has 0 N–H and O–H groups in total. The maximum absolute atomic E-state index is 9.97. The van der Waals surface area contributed by atoms with Crippen molar-refractivity contribution < 1.29 is 4.79 Å². The molecule has 0 bridgehead atoms. The van der Waals surface area contributed by atoms with Crippen molar-refractivity contribution in [3.8, 4) is 6.07 Å². The van der Waals surface area contributed by atoms with Gasteiger partial charge in [0, 0.05) is 6.42 Å². The van der Waals surface area contributed by atoms with Gasteiger partial charge in [0.05, 0.1) is 11.5 Å². The lowest BCUT2D eigenvalue weighted by molar-refractivity contribution is -0.107. The fourth-order valence-corrected chi connectivity index (χ4v) is 1.03. The third kappa shape index (κ3) is 5.91. The number of carbonyl (C=O) groups is 1. The molecule has 0 spiro atoms. The maximum atomic E-state index is 9.97. The van der Waals surface area contributed by atoms with Crippen LogP contribution >= 0.6 is 0 Å². The number of carbonyl (C=O) groups excluding carboxylic acids is 1. The average Bonchev–Trinajstić information content (AvgIpc) is 2.04. The molecule has 2 heteroatoms. The van der Waals surface area contributed by atoms with Gasteiger partial charge in [0.25, 0.3) is 0 Å². The zero-order valence-electron chi connectivity index (χ0n) is 7.97. The molecular formula is C10H17NO. The van der Waals surface area contributed by atoms with Crippen molar-refractivity contribution in [3.05, 3.63) is 0 Å². The van der Waals surface area contributed by atoms with Gasteiger partial charge >= 0.3 is 0 Å². The van der Waals surface area contributed by atoms with Gasteiger partial charge in [-0.2, -0.15) is 5.26 Å². The Balaban J connectivity index is 3.32. The molecule has 0 saturated carbocycles. The van der Waals surface area contributed by atoms with E-state index in [2.05, 4.69) is 6.07 Å². The van der Waals surface area contributed by atoms with Gasteiger partial charge in [-0.15, -0.1) is 0 Å². The van der Waals surface area contributed by atoms with Crippen molar-refractivity contribution >= 4 is 6.29 Å². The molecule has 0 aliphatic rings. The van der Waals surface area contributed by atoms with Gasteiger partial charge in [-0.3, -0.25) is 0 Å². The second-order valence-electron chi connectivity index (χ2n) is 3.76. The standard InChI is InChI=1S/C10H17NO/c1-10(2,9-11)7-5-3-4-6-8-12/h8H,3-7H2,1-2H3. The Bertz CT molecular complexity index is 167. The number of rotatable bonds is 6. The van der Waals surface area contributed by atoms with Gasteiger partial charge in [0.1, 0.15) is 6.29 Å². The highest BCUT2D eigenvalue weighted by atomic mass is 16.1. The van der Waals surface area contributed by atoms with Crippen molar-refractivity contribution in [3.63, 3.8) is 0 Å². The molecule has 68 valence electrons. The summed E-state index contributed by atoms with van der Waals surface area (Å²) in [6, 6.07) is 2.26. The highest BCUT2D eigenvalue weighted by molar-refractivity contribution is 5.48. The number of nitrogens with zero attached hydrogens (tertiary/aromatic N) is 1. The van der Waals surface area contributed by atoms with Gasteiger partial charge in [-0.1, -0.05) is 12.8 Å². The van der Waals surface area contributed by atoms with E-state index in [1.165, 1.54) is 0 Å². The third-order valence-electron chi connectivity index (χ3n) is 1.93. The van der Waals surface area contributed by atoms with Gasteiger partial charge in [0.15, 0.2) is 0 Å². The van der Waals surface area contributed by atoms with Crippen LogP contribution in [-0.4, -0.2) is 6.29 Å². The van der Waals surface area contributed by atoms with Crippen LogP contribution in [0.5, 0.6) is 0 Å². The molecule has 0 aromatic heterocycles. The predicted molar refractivity (Wildman–Crippen MR) is 48.5 cm³/mol. The molecule has 0 atom stereocenters. The Morgan fingerprint density at radius 3 is 2.50 bits per heavy atom. The van der Waals surface area contributed by atoms with Crippen LogP contribution in [0.2, 0.25) is 0 Å². The molecule has 12 heavy (non-hydrogen) atoms. The molecular weight excluding hydrogens is 150 g/mol. The summed E-state index contributed by atoms with van der Waals surface area (Å²) in [5, 5.41) is 8.69. The molecule has 0 heterocycles. The lowest BCUT2D eigenvalue weighted by Gasteiger charge is -2.13. The van der Waals surface area contributed by atoms with Crippen LogP contribution in [-0.2, 0) is 4.79 Å². The molecule has 0 aliphatic carbocycles. The van der Waals surface area contributed by atoms with Gasteiger partial charge in [-0.25, -0.2) is 0 Å². The van der Waals surface area contributed by atoms with Crippen LogP contribution in [0.1, 0.15) is 46.0 Å². The average molecular weight is 167 g/mol. The number of nitriles is 1. The fourth-order valence-electron chi connectivity index (χ4n) is 1.03. The molecule has 0 aromatic carbocycles. The molecule has 0 aliphatic heterocycles. The van der Waals surface area contributed by atoms with E-state index in [4.69, 9.17) is 5.26 Å². The Morgan fingerprint density at radius 2 is 2.00 bits per heavy atom. The zero-order chi connectivity index (χ0) is 9.45. The van der Waals surface area contributed by atoms with E-state index in [1.54, 1.807) is 0 Å². The van der Waals surface area contributed by atoms with E-state index in [0.29, 0.717) is 6.42 Å². The van der Waals surface area contributed by atoms with Crippen LogP contribution in [0.4, 0.5) is 0 Å². The number of unbranched alkanes of at least 4 members (excludes halogenated alkanes) is 3. The van der Waals surface area contributed by atoms with E-state index in [1.807, 2.05) is 13.8 Å². The SMILES string of the molecule is CC(C)(C#N)CCCCCC=O. The van der Waals surface area contributed by atoms with Crippen LogP contribution < -0.4 is 0 Å². The van der Waals surface area contributed by atoms with Gasteiger partial charge < -0.3 is 4.79 Å². The van der Waals surface area contributed by atoms with Crippen molar-refractivity contribution in [2.45, 2.75) is 46.0 Å². The lowest BCUT2D eigenvalue weighted by Crippen LogP contribution is -2.06. The quantitative estimate of drug-likeness (QED) is 0.450. The highest BCUT2D eigenvalue weighted by Crippen LogP contribution is 2.22. The van der Waals surface area contributed by atoms with E-state index in [0.717, 1.165) is 32.0 Å². The summed E-state index contributed by atoms with van der Waals surface area (Å²) in [7, 11) is 0. The van der Waals surface area contributed by atoms with Crippen molar-refractivity contribution in [2.75, 3.05) is 0 Å². The second-order valence-corrected chi connectivity index (χ2v) is 3.76. The smallest absolute Gasteiger partial charge is 0.119 e. The highest BCUT2D eigenvalue weighted by Gasteiger charge is 2.14. The molecule has 0 saturated heterocycles. The Morgan fingerprint density at radius 1 is 1.33 bits per heavy atom. The minimum atomic E-state index is -0.193. The summed E-state index contributed by atoms with van der Waals surface area (Å²) >= 11 is 0. The van der Waals surface area contributed by atoms with E-state index in [9.17, 15) is 4.79 Å². The van der Waals surface area contributed by atoms with Crippen LogP contribution in [0, 0.1) is 16.7 Å². The number of hydrogen-bond acceptors (Lipinski definition) is 2. The molecule has 0 unspecified atom stereocenters. The lowest BCUT2D eigenvalue weighted by atomic mass is 9.89. The summed E-state index contributed by atoms with van der Waals surface area (Å²) < 4.78 is 0. The van der Waals surface area contributed by atoms with Crippen LogP contribution in [0.15, 0.2) is 0 Å². The first kappa shape index (κ1) is 11.2. The molecule has 0 fully saturated rings. The van der Waals surface area contributed by atoms with Gasteiger partial charge in [0.2, 0.25) is 0 Å². The summed E-state index contributed by atoms with van der Waals surface area (Å²) in [4.78, 5) is 9.97. The first-order chi connectivity index (χ1) is 5.62. The van der Waals surface area contributed by atoms with Crippen LogP contribution in [0.25, 0.3) is 0 Å². The molecule has 0 rings (SSSR count). The van der Waals surface area contributed by atoms with E-state index in [-0.39, 0.29) is 5.41 Å². The summed E-state index contributed by atoms with van der Waals surface area (Å²) in [5.74, 6) is 0.